The van der Waals surface area contributed by atoms with E-state index in [0.717, 1.165) is 49.3 Å². The molecule has 3 aliphatic rings. The van der Waals surface area contributed by atoms with Gasteiger partial charge in [0.25, 0.3) is 5.91 Å². The third kappa shape index (κ3) is 7.70. The number of nitrogens with zero attached hydrogens (tertiary/aromatic N) is 6. The topological polar surface area (TPSA) is 183 Å². The van der Waals surface area contributed by atoms with Crippen molar-refractivity contribution in [3.8, 4) is 11.5 Å². The lowest BCUT2D eigenvalue weighted by molar-refractivity contribution is 0.0465. The van der Waals surface area contributed by atoms with E-state index < -0.39 is 40.7 Å². The molecule has 0 spiro atoms. The molecule has 4 atom stereocenters. The fourth-order valence-electron chi connectivity index (χ4n) is 6.42. The lowest BCUT2D eigenvalue weighted by Crippen LogP contribution is -2.47. The van der Waals surface area contributed by atoms with Crippen LogP contribution < -0.4 is 16.2 Å². The van der Waals surface area contributed by atoms with Crippen LogP contribution in [0.25, 0.3) is 0 Å². The smallest absolute Gasteiger partial charge is 0.410 e. The summed E-state index contributed by atoms with van der Waals surface area (Å²) in [5.41, 5.74) is 12.3. The molecule has 0 radical (unpaired) electrons. The van der Waals surface area contributed by atoms with Gasteiger partial charge in [-0.1, -0.05) is 0 Å². The standard InChI is InChI=1S/C23H21F3N4O3.C11H14N4O2/c24-14-1-3-16(4-2-14)33-21-11-18(25)17(10-19(21)26)23(32)30-8-7-13(9-15(30)12-31)20-5-6-22(27)29-28-20;12-10-2-1-9(13-14-10)7-3-4-15-8(5-7)6-17-11(15)16/h1-6,10-11,13,15,31H,7-9,12H2,(H2,27,29);1-2,7-8H,3-6H2,(H2,12,14)/t13?,15-;7?,8-/m00/s1. The summed E-state index contributed by atoms with van der Waals surface area (Å²) in [7, 11) is 0. The van der Waals surface area contributed by atoms with E-state index in [0.29, 0.717) is 36.9 Å². The molecule has 0 bridgehead atoms. The number of likely N-dealkylation sites (tertiary alicyclic amines) is 1. The molecule has 2 amide bonds. The number of anilines is 2. The number of carbonyl (C=O) groups excluding carboxylic acids is 2. The maximum atomic E-state index is 14.8. The van der Waals surface area contributed by atoms with E-state index in [9.17, 15) is 27.9 Å². The van der Waals surface area contributed by atoms with Gasteiger partial charge in [-0.15, -0.1) is 10.2 Å². The summed E-state index contributed by atoms with van der Waals surface area (Å²) in [6.07, 6.45) is 2.51. The summed E-state index contributed by atoms with van der Waals surface area (Å²) < 4.78 is 52.7. The van der Waals surface area contributed by atoms with Crippen molar-refractivity contribution >= 4 is 23.6 Å². The Morgan fingerprint density at radius 3 is 2.12 bits per heavy atom. The zero-order valence-corrected chi connectivity index (χ0v) is 26.8. The molecular weight excluding hydrogens is 657 g/mol. The van der Waals surface area contributed by atoms with Crippen molar-refractivity contribution in [2.24, 2.45) is 0 Å². The van der Waals surface area contributed by atoms with Gasteiger partial charge < -0.3 is 35.8 Å². The van der Waals surface area contributed by atoms with E-state index in [4.69, 9.17) is 20.9 Å². The number of ether oxygens (including phenoxy) is 2. The van der Waals surface area contributed by atoms with Gasteiger partial charge in [0.15, 0.2) is 11.6 Å². The molecule has 3 saturated heterocycles. The number of halogens is 3. The highest BCUT2D eigenvalue weighted by Gasteiger charge is 2.39. The number of nitrogens with two attached hydrogens (primary N) is 2. The fraction of sp³-hybridized carbons (Fsp3) is 0.353. The van der Waals surface area contributed by atoms with Crippen LogP contribution >= 0.6 is 0 Å². The Kier molecular flexibility index (Phi) is 10.3. The SMILES string of the molecule is Nc1ccc(C2CCN(C(=O)c3cc(F)c(Oc4ccc(F)cc4)cc3F)[C@H](CO)C2)nn1.Nc1ccc(C2CCN3C(=O)OC[C@@H]3C2)nn1. The van der Waals surface area contributed by atoms with Gasteiger partial charge in [0.1, 0.15) is 35.6 Å². The van der Waals surface area contributed by atoms with Crippen LogP contribution in [-0.4, -0.2) is 85.7 Å². The molecule has 3 aliphatic heterocycles. The Labute approximate surface area is 285 Å². The number of benzene rings is 2. The number of aliphatic hydroxyl groups is 1. The van der Waals surface area contributed by atoms with Crippen molar-refractivity contribution in [3.63, 3.8) is 0 Å². The van der Waals surface area contributed by atoms with Crippen LogP contribution in [0, 0.1) is 17.5 Å². The molecule has 7 rings (SSSR count). The Bertz CT molecular complexity index is 1820. The predicted molar refractivity (Wildman–Crippen MR) is 173 cm³/mol. The van der Waals surface area contributed by atoms with E-state index in [-0.39, 0.29) is 42.8 Å². The molecule has 4 aromatic rings. The minimum Gasteiger partial charge on any atom is -0.454 e. The number of fused-ring (bicyclic) bond motifs is 1. The molecule has 50 heavy (non-hydrogen) atoms. The highest BCUT2D eigenvalue weighted by Crippen LogP contribution is 2.35. The number of cyclic esters (lactones) is 1. The van der Waals surface area contributed by atoms with Gasteiger partial charge in [-0.05, 0) is 80.3 Å². The van der Waals surface area contributed by atoms with Gasteiger partial charge >= 0.3 is 6.09 Å². The quantitative estimate of drug-likeness (QED) is 0.260. The summed E-state index contributed by atoms with van der Waals surface area (Å²) in [6.45, 7) is 1.11. The van der Waals surface area contributed by atoms with E-state index >= 15 is 0 Å². The van der Waals surface area contributed by atoms with Crippen molar-refractivity contribution < 1.29 is 37.3 Å². The fourth-order valence-corrected chi connectivity index (χ4v) is 6.42. The largest absolute Gasteiger partial charge is 0.454 e. The van der Waals surface area contributed by atoms with Gasteiger partial charge in [-0.25, -0.2) is 18.0 Å². The molecule has 13 nitrogen and oxygen atoms in total. The van der Waals surface area contributed by atoms with E-state index in [1.165, 1.54) is 17.0 Å². The zero-order chi connectivity index (χ0) is 35.4. The monoisotopic (exact) mass is 692 g/mol. The Morgan fingerprint density at radius 1 is 0.860 bits per heavy atom. The summed E-state index contributed by atoms with van der Waals surface area (Å²) in [4.78, 5) is 27.5. The number of aliphatic hydroxyl groups excluding tert-OH is 1. The maximum absolute atomic E-state index is 14.8. The zero-order valence-electron chi connectivity index (χ0n) is 26.8. The van der Waals surface area contributed by atoms with Crippen molar-refractivity contribution in [2.45, 2.75) is 49.6 Å². The van der Waals surface area contributed by atoms with Crippen LogP contribution in [0.1, 0.15) is 59.3 Å². The van der Waals surface area contributed by atoms with Crippen LogP contribution in [0.2, 0.25) is 0 Å². The average molecular weight is 693 g/mol. The third-order valence-corrected chi connectivity index (χ3v) is 9.08. The third-order valence-electron chi connectivity index (χ3n) is 9.08. The van der Waals surface area contributed by atoms with Crippen LogP contribution in [-0.2, 0) is 4.74 Å². The summed E-state index contributed by atoms with van der Waals surface area (Å²) >= 11 is 0. The first-order chi connectivity index (χ1) is 24.1. The second-order valence-electron chi connectivity index (χ2n) is 12.3. The molecular formula is C34H35F3N8O5. The van der Waals surface area contributed by atoms with Crippen molar-refractivity contribution in [1.29, 1.82) is 0 Å². The van der Waals surface area contributed by atoms with Crippen molar-refractivity contribution in [2.75, 3.05) is 37.8 Å². The van der Waals surface area contributed by atoms with Crippen LogP contribution in [0.15, 0.2) is 60.7 Å². The maximum Gasteiger partial charge on any atom is 0.410 e. The molecule has 5 heterocycles. The second kappa shape index (κ2) is 14.9. The average Bonchev–Trinajstić information content (AvgIpc) is 3.50. The molecule has 262 valence electrons. The predicted octanol–water partition coefficient (Wildman–Crippen LogP) is 4.41. The summed E-state index contributed by atoms with van der Waals surface area (Å²) in [5, 5.41) is 25.7. The lowest BCUT2D eigenvalue weighted by atomic mass is 9.88. The number of carbonyl (C=O) groups is 2. The van der Waals surface area contributed by atoms with Gasteiger partial charge in [0.05, 0.1) is 35.6 Å². The molecule has 16 heteroatoms. The molecule has 3 fully saturated rings. The number of hydrogen-bond donors (Lipinski definition) is 3. The highest BCUT2D eigenvalue weighted by molar-refractivity contribution is 5.95. The first-order valence-corrected chi connectivity index (χ1v) is 16.1. The second-order valence-corrected chi connectivity index (χ2v) is 12.3. The molecule has 5 N–H and O–H groups in total. The number of rotatable bonds is 6. The minimum absolute atomic E-state index is 0.0626. The minimum atomic E-state index is -0.971. The van der Waals surface area contributed by atoms with E-state index in [2.05, 4.69) is 20.4 Å². The normalized spacial score (nSPS) is 21.5. The molecule has 0 aliphatic carbocycles. The number of nitrogen functional groups attached to an aromatic ring is 2. The van der Waals surface area contributed by atoms with Crippen molar-refractivity contribution in [3.05, 3.63) is 95.1 Å². The Morgan fingerprint density at radius 2 is 1.50 bits per heavy atom. The van der Waals surface area contributed by atoms with Gasteiger partial charge in [0, 0.05) is 31.0 Å². The van der Waals surface area contributed by atoms with Gasteiger partial charge in [-0.2, -0.15) is 10.2 Å². The first-order valence-electron chi connectivity index (χ1n) is 16.1. The van der Waals surface area contributed by atoms with Gasteiger partial charge in [0.2, 0.25) is 0 Å². The number of amides is 2. The van der Waals surface area contributed by atoms with E-state index in [1.807, 2.05) is 6.07 Å². The molecule has 2 aromatic carbocycles. The molecule has 2 aromatic heterocycles. The Balaban J connectivity index is 0.000000212. The number of hydrogen-bond acceptors (Lipinski definition) is 11. The van der Waals surface area contributed by atoms with Crippen molar-refractivity contribution in [1.82, 2.24) is 30.2 Å². The lowest BCUT2D eigenvalue weighted by Gasteiger charge is -2.38. The number of aromatic nitrogens is 4. The summed E-state index contributed by atoms with van der Waals surface area (Å²) in [5.74, 6) is -2.47. The van der Waals surface area contributed by atoms with Gasteiger partial charge in [-0.3, -0.25) is 4.79 Å². The molecule has 0 saturated carbocycles. The van der Waals surface area contributed by atoms with Crippen LogP contribution in [0.5, 0.6) is 11.5 Å². The number of piperidine rings is 2. The van der Waals surface area contributed by atoms with Crippen LogP contribution in [0.3, 0.4) is 0 Å². The molecule has 2 unspecified atom stereocenters. The van der Waals surface area contributed by atoms with Crippen LogP contribution in [0.4, 0.5) is 29.6 Å². The van der Waals surface area contributed by atoms with E-state index in [1.54, 1.807) is 23.1 Å². The summed E-state index contributed by atoms with van der Waals surface area (Å²) in [6, 6.07) is 13.0. The first kappa shape index (κ1) is 34.4. The Hall–Kier alpha value is -5.51. The highest BCUT2D eigenvalue weighted by atomic mass is 19.1.